The van der Waals surface area contributed by atoms with Crippen LogP contribution in [0.15, 0.2) is 18.5 Å². The molecule has 15 heavy (non-hydrogen) atoms. The van der Waals surface area contributed by atoms with E-state index in [1.54, 1.807) is 6.20 Å². The summed E-state index contributed by atoms with van der Waals surface area (Å²) in [5.74, 6) is 0. The summed E-state index contributed by atoms with van der Waals surface area (Å²) in [5, 5.41) is 0. The summed E-state index contributed by atoms with van der Waals surface area (Å²) in [6.45, 7) is 7.40. The molecule has 84 valence electrons. The van der Waals surface area contributed by atoms with Gasteiger partial charge in [0.25, 0.3) is 0 Å². The summed E-state index contributed by atoms with van der Waals surface area (Å²) >= 11 is 0. The van der Waals surface area contributed by atoms with Crippen molar-refractivity contribution in [3.05, 3.63) is 18.5 Å². The maximum absolute atomic E-state index is 5.69. The Bertz CT molecular complexity index is 291. The predicted molar refractivity (Wildman–Crippen MR) is 63.0 cm³/mol. The quantitative estimate of drug-likeness (QED) is 0.722. The van der Waals surface area contributed by atoms with Crippen molar-refractivity contribution in [2.24, 2.45) is 0 Å². The van der Waals surface area contributed by atoms with Crippen LogP contribution >= 0.6 is 0 Å². The van der Waals surface area contributed by atoms with Crippen molar-refractivity contribution in [2.75, 3.05) is 36.9 Å². The van der Waals surface area contributed by atoms with E-state index in [0.717, 1.165) is 32.0 Å². The summed E-state index contributed by atoms with van der Waals surface area (Å²) in [4.78, 5) is 6.27. The number of hydrogen-bond acceptors (Lipinski definition) is 4. The van der Waals surface area contributed by atoms with E-state index in [2.05, 4.69) is 16.8 Å². The predicted octanol–water partition coefficient (Wildman–Crippen LogP) is 1.53. The third kappa shape index (κ3) is 3.75. The van der Waals surface area contributed by atoms with Gasteiger partial charge in [-0.25, -0.2) is 0 Å². The van der Waals surface area contributed by atoms with Crippen LogP contribution in [0, 0.1) is 0 Å². The molecule has 4 nitrogen and oxygen atoms in total. The Morgan fingerprint density at radius 3 is 2.80 bits per heavy atom. The molecule has 1 aromatic heterocycles. The van der Waals surface area contributed by atoms with Gasteiger partial charge in [-0.1, -0.05) is 0 Å². The van der Waals surface area contributed by atoms with E-state index < -0.39 is 0 Å². The second-order valence-electron chi connectivity index (χ2n) is 3.25. The van der Waals surface area contributed by atoms with E-state index in [-0.39, 0.29) is 0 Å². The average Bonchev–Trinajstić information content (AvgIpc) is 2.24. The van der Waals surface area contributed by atoms with E-state index in [9.17, 15) is 0 Å². The Morgan fingerprint density at radius 1 is 1.40 bits per heavy atom. The first-order chi connectivity index (χ1) is 7.27. The summed E-state index contributed by atoms with van der Waals surface area (Å²) in [5.41, 5.74) is 7.44. The highest BCUT2D eigenvalue weighted by molar-refractivity contribution is 5.53. The Balaban J connectivity index is 2.57. The number of likely N-dealkylation sites (N-methyl/N-ethyl adjacent to an activating group) is 1. The van der Waals surface area contributed by atoms with Gasteiger partial charge < -0.3 is 15.4 Å². The van der Waals surface area contributed by atoms with Crippen molar-refractivity contribution in [3.8, 4) is 0 Å². The Morgan fingerprint density at radius 2 is 2.20 bits per heavy atom. The molecule has 0 radical (unpaired) electrons. The van der Waals surface area contributed by atoms with Gasteiger partial charge >= 0.3 is 0 Å². The van der Waals surface area contributed by atoms with Gasteiger partial charge in [-0.05, 0) is 19.9 Å². The highest BCUT2D eigenvalue weighted by Crippen LogP contribution is 2.14. The first kappa shape index (κ1) is 11.8. The van der Waals surface area contributed by atoms with Gasteiger partial charge in [-0.2, -0.15) is 0 Å². The van der Waals surface area contributed by atoms with Crippen LogP contribution in [0.25, 0.3) is 0 Å². The van der Waals surface area contributed by atoms with E-state index in [0.29, 0.717) is 5.69 Å². The smallest absolute Gasteiger partial charge is 0.0641 e. The number of anilines is 2. The molecule has 0 bridgehead atoms. The zero-order valence-electron chi connectivity index (χ0n) is 9.44. The molecule has 0 aliphatic rings. The summed E-state index contributed by atoms with van der Waals surface area (Å²) in [6, 6.07) is 1.93. The number of ether oxygens (including phenoxy) is 1. The molecule has 0 saturated heterocycles. The number of aromatic nitrogens is 1. The van der Waals surface area contributed by atoms with Gasteiger partial charge in [0.2, 0.25) is 0 Å². The summed E-state index contributed by atoms with van der Waals surface area (Å²) in [6.07, 6.45) is 3.48. The van der Waals surface area contributed by atoms with Crippen LogP contribution in [-0.4, -0.2) is 31.3 Å². The number of nitrogen functional groups attached to an aromatic ring is 1. The van der Waals surface area contributed by atoms with Gasteiger partial charge in [0.15, 0.2) is 0 Å². The molecule has 0 aliphatic heterocycles. The molecule has 0 atom stereocenters. The van der Waals surface area contributed by atoms with Crippen LogP contribution < -0.4 is 10.6 Å². The van der Waals surface area contributed by atoms with E-state index in [1.807, 2.05) is 19.2 Å². The molecule has 0 aliphatic carbocycles. The number of pyridine rings is 1. The molecular formula is C11H19N3O. The zero-order chi connectivity index (χ0) is 11.1. The summed E-state index contributed by atoms with van der Waals surface area (Å²) < 4.78 is 5.32. The number of rotatable bonds is 6. The lowest BCUT2D eigenvalue weighted by Gasteiger charge is -2.22. The number of hydrogen-bond donors (Lipinski definition) is 1. The first-order valence-corrected chi connectivity index (χ1v) is 5.31. The van der Waals surface area contributed by atoms with Gasteiger partial charge in [0.1, 0.15) is 0 Å². The van der Waals surface area contributed by atoms with Crippen LogP contribution in [0.1, 0.15) is 13.8 Å². The van der Waals surface area contributed by atoms with E-state index >= 15 is 0 Å². The lowest BCUT2D eigenvalue weighted by molar-refractivity contribution is 0.154. The van der Waals surface area contributed by atoms with E-state index in [1.165, 1.54) is 0 Å². The largest absolute Gasteiger partial charge is 0.397 e. The fourth-order valence-electron chi connectivity index (χ4n) is 1.41. The van der Waals surface area contributed by atoms with Crippen molar-refractivity contribution >= 4 is 11.4 Å². The second kappa shape index (κ2) is 6.24. The maximum atomic E-state index is 5.69. The van der Waals surface area contributed by atoms with Crippen LogP contribution in [0.5, 0.6) is 0 Å². The van der Waals surface area contributed by atoms with E-state index in [4.69, 9.17) is 10.5 Å². The standard InChI is InChI=1S/C11H19N3O/c1-3-14(5-6-15-4-2)11-7-10(12)8-13-9-11/h7-9H,3-6,12H2,1-2H3. The molecule has 1 heterocycles. The number of nitrogens with two attached hydrogens (primary N) is 1. The highest BCUT2D eigenvalue weighted by atomic mass is 16.5. The van der Waals surface area contributed by atoms with Crippen molar-refractivity contribution in [2.45, 2.75) is 13.8 Å². The second-order valence-corrected chi connectivity index (χ2v) is 3.25. The van der Waals surface area contributed by atoms with Crippen LogP contribution in [-0.2, 0) is 4.74 Å². The van der Waals surface area contributed by atoms with Crippen molar-refractivity contribution < 1.29 is 4.74 Å². The van der Waals surface area contributed by atoms with Gasteiger partial charge in [-0.15, -0.1) is 0 Å². The normalized spacial score (nSPS) is 10.3. The number of nitrogens with zero attached hydrogens (tertiary/aromatic N) is 2. The summed E-state index contributed by atoms with van der Waals surface area (Å²) in [7, 11) is 0. The highest BCUT2D eigenvalue weighted by Gasteiger charge is 2.04. The monoisotopic (exact) mass is 209 g/mol. The Hall–Kier alpha value is -1.29. The molecule has 0 spiro atoms. The Kier molecular flexibility index (Phi) is 4.90. The molecule has 0 amide bonds. The maximum Gasteiger partial charge on any atom is 0.0641 e. The first-order valence-electron chi connectivity index (χ1n) is 5.31. The molecule has 0 unspecified atom stereocenters. The molecule has 0 fully saturated rings. The molecule has 0 saturated carbocycles. The zero-order valence-corrected chi connectivity index (χ0v) is 9.44. The van der Waals surface area contributed by atoms with Crippen LogP contribution in [0.3, 0.4) is 0 Å². The molecule has 1 aromatic rings. The van der Waals surface area contributed by atoms with Crippen LogP contribution in [0.2, 0.25) is 0 Å². The topological polar surface area (TPSA) is 51.4 Å². The van der Waals surface area contributed by atoms with Gasteiger partial charge in [-0.3, -0.25) is 4.98 Å². The average molecular weight is 209 g/mol. The molecule has 1 rings (SSSR count). The fraction of sp³-hybridized carbons (Fsp3) is 0.545. The minimum Gasteiger partial charge on any atom is -0.397 e. The Labute approximate surface area is 91.1 Å². The molecular weight excluding hydrogens is 190 g/mol. The van der Waals surface area contributed by atoms with Crippen molar-refractivity contribution in [3.63, 3.8) is 0 Å². The third-order valence-electron chi connectivity index (χ3n) is 2.20. The third-order valence-corrected chi connectivity index (χ3v) is 2.20. The van der Waals surface area contributed by atoms with Crippen LogP contribution in [0.4, 0.5) is 11.4 Å². The lowest BCUT2D eigenvalue weighted by Crippen LogP contribution is -2.27. The minimum absolute atomic E-state index is 0.697. The van der Waals surface area contributed by atoms with Gasteiger partial charge in [0.05, 0.1) is 24.2 Å². The van der Waals surface area contributed by atoms with Crippen molar-refractivity contribution in [1.29, 1.82) is 0 Å². The fourth-order valence-corrected chi connectivity index (χ4v) is 1.41. The minimum atomic E-state index is 0.697. The molecule has 4 heteroatoms. The lowest BCUT2D eigenvalue weighted by atomic mass is 10.3. The SMILES string of the molecule is CCOCCN(CC)c1cncc(N)c1. The van der Waals surface area contributed by atoms with Gasteiger partial charge in [0, 0.05) is 25.9 Å². The van der Waals surface area contributed by atoms with Crippen molar-refractivity contribution in [1.82, 2.24) is 4.98 Å². The molecule has 0 aromatic carbocycles. The molecule has 2 N–H and O–H groups in total.